The maximum Gasteiger partial charge on any atom is 0.309 e. The molecular weight excluding hydrogens is 286 g/mol. The minimum atomic E-state index is -0.524. The molecule has 1 saturated heterocycles. The fraction of sp³-hybridized carbons (Fsp3) is 0.800. The molecule has 126 valence electrons. The smallest absolute Gasteiger partial charge is 0.309 e. The van der Waals surface area contributed by atoms with Gasteiger partial charge in [-0.2, -0.15) is 0 Å². The highest BCUT2D eigenvalue weighted by Gasteiger charge is 2.29. The number of piperidine rings is 1. The minimum absolute atomic E-state index is 0.0407. The van der Waals surface area contributed by atoms with E-state index in [1.165, 1.54) is 0 Å². The Morgan fingerprint density at radius 3 is 2.41 bits per heavy atom. The van der Waals surface area contributed by atoms with Crippen molar-refractivity contribution in [3.8, 4) is 0 Å². The van der Waals surface area contributed by atoms with E-state index in [2.05, 4.69) is 10.6 Å². The van der Waals surface area contributed by atoms with Crippen LogP contribution in [0.5, 0.6) is 0 Å². The summed E-state index contributed by atoms with van der Waals surface area (Å²) in [5.41, 5.74) is 0. The van der Waals surface area contributed by atoms with E-state index < -0.39 is 6.04 Å². The third kappa shape index (κ3) is 6.01. The molecule has 1 rings (SSSR count). The molecule has 0 aromatic carbocycles. The number of quaternary nitrogens is 1. The van der Waals surface area contributed by atoms with Crippen molar-refractivity contribution in [2.24, 2.45) is 5.92 Å². The third-order valence-corrected chi connectivity index (χ3v) is 3.84. The summed E-state index contributed by atoms with van der Waals surface area (Å²) in [6.07, 6.45) is 1.49. The van der Waals surface area contributed by atoms with Gasteiger partial charge in [-0.3, -0.25) is 14.4 Å². The number of likely N-dealkylation sites (tertiary alicyclic amines) is 1. The molecule has 0 aromatic rings. The Labute approximate surface area is 131 Å². The van der Waals surface area contributed by atoms with Gasteiger partial charge in [0, 0.05) is 19.4 Å². The van der Waals surface area contributed by atoms with Crippen LogP contribution in [0.3, 0.4) is 0 Å². The number of hydrogen-bond acceptors (Lipinski definition) is 4. The Morgan fingerprint density at radius 1 is 1.23 bits per heavy atom. The van der Waals surface area contributed by atoms with E-state index in [0.717, 1.165) is 30.8 Å². The van der Waals surface area contributed by atoms with Crippen molar-refractivity contribution in [2.45, 2.75) is 39.7 Å². The molecule has 1 fully saturated rings. The number of carbonyl (C=O) groups excluding carboxylic acids is 3. The summed E-state index contributed by atoms with van der Waals surface area (Å²) >= 11 is 0. The zero-order valence-electron chi connectivity index (χ0n) is 13.7. The Kier molecular flexibility index (Phi) is 7.87. The lowest BCUT2D eigenvalue weighted by molar-refractivity contribution is -0.897. The molecule has 1 atom stereocenters. The van der Waals surface area contributed by atoms with Gasteiger partial charge < -0.3 is 20.3 Å². The van der Waals surface area contributed by atoms with E-state index in [4.69, 9.17) is 4.74 Å². The van der Waals surface area contributed by atoms with Crippen LogP contribution in [-0.2, 0) is 19.1 Å². The summed E-state index contributed by atoms with van der Waals surface area (Å²) in [4.78, 5) is 36.3. The zero-order chi connectivity index (χ0) is 16.5. The van der Waals surface area contributed by atoms with Crippen molar-refractivity contribution in [2.75, 3.05) is 32.8 Å². The molecule has 7 nitrogen and oxygen atoms in total. The standard InChI is InChI=1S/C15H27N3O4/c1-4-16-14(20)11(3)17-13(19)10-18-8-6-12(7-9-18)15(21)22-5-2/h11-12H,4-10H2,1-3H3,(H,16,20)(H,17,19)/p+1/t11-/m0/s1. The molecule has 0 bridgehead atoms. The van der Waals surface area contributed by atoms with Crippen LogP contribution >= 0.6 is 0 Å². The van der Waals surface area contributed by atoms with Crippen molar-refractivity contribution in [3.05, 3.63) is 0 Å². The van der Waals surface area contributed by atoms with Crippen LogP contribution in [0.1, 0.15) is 33.6 Å². The second-order valence-corrected chi connectivity index (χ2v) is 5.64. The number of esters is 1. The van der Waals surface area contributed by atoms with Gasteiger partial charge in [-0.15, -0.1) is 0 Å². The van der Waals surface area contributed by atoms with Gasteiger partial charge in [-0.1, -0.05) is 0 Å². The first kappa shape index (κ1) is 18.4. The lowest BCUT2D eigenvalue weighted by Crippen LogP contribution is -3.14. The maximum atomic E-state index is 11.9. The summed E-state index contributed by atoms with van der Waals surface area (Å²) in [5.74, 6) is -0.480. The molecule has 7 heteroatoms. The van der Waals surface area contributed by atoms with Crippen molar-refractivity contribution in [1.29, 1.82) is 0 Å². The van der Waals surface area contributed by atoms with E-state index in [-0.39, 0.29) is 23.7 Å². The number of rotatable bonds is 7. The molecule has 3 N–H and O–H groups in total. The first-order valence-electron chi connectivity index (χ1n) is 8.05. The minimum Gasteiger partial charge on any atom is -0.466 e. The molecule has 22 heavy (non-hydrogen) atoms. The Balaban J connectivity index is 2.30. The van der Waals surface area contributed by atoms with Crippen LogP contribution in [0.4, 0.5) is 0 Å². The Morgan fingerprint density at radius 2 is 1.86 bits per heavy atom. The molecule has 0 saturated carbocycles. The SMILES string of the molecule is CCNC(=O)[C@H](C)NC(=O)C[NH+]1CCC(C(=O)OCC)CC1. The van der Waals surface area contributed by atoms with E-state index in [0.29, 0.717) is 19.7 Å². The van der Waals surface area contributed by atoms with Crippen LogP contribution in [0.25, 0.3) is 0 Å². The third-order valence-electron chi connectivity index (χ3n) is 3.84. The highest BCUT2D eigenvalue weighted by molar-refractivity contribution is 5.87. The van der Waals surface area contributed by atoms with E-state index in [1.54, 1.807) is 13.8 Å². The van der Waals surface area contributed by atoms with Crippen molar-refractivity contribution < 1.29 is 24.0 Å². The number of hydrogen-bond donors (Lipinski definition) is 3. The number of carbonyl (C=O) groups is 3. The largest absolute Gasteiger partial charge is 0.466 e. The van der Waals surface area contributed by atoms with Crippen molar-refractivity contribution >= 4 is 17.8 Å². The van der Waals surface area contributed by atoms with E-state index in [9.17, 15) is 14.4 Å². The van der Waals surface area contributed by atoms with Crippen molar-refractivity contribution in [3.63, 3.8) is 0 Å². The first-order chi connectivity index (χ1) is 10.5. The van der Waals surface area contributed by atoms with Gasteiger partial charge in [-0.05, 0) is 20.8 Å². The lowest BCUT2D eigenvalue weighted by Gasteiger charge is -2.27. The van der Waals surface area contributed by atoms with Gasteiger partial charge >= 0.3 is 5.97 Å². The predicted molar refractivity (Wildman–Crippen MR) is 81.2 cm³/mol. The van der Waals surface area contributed by atoms with Gasteiger partial charge in [0.05, 0.1) is 25.6 Å². The monoisotopic (exact) mass is 314 g/mol. The first-order valence-corrected chi connectivity index (χ1v) is 8.05. The molecular formula is C15H28N3O4+. The summed E-state index contributed by atoms with van der Waals surface area (Å²) in [6.45, 7) is 8.14. The molecule has 0 aliphatic carbocycles. The Hall–Kier alpha value is -1.63. The number of ether oxygens (including phenoxy) is 1. The topological polar surface area (TPSA) is 88.9 Å². The van der Waals surface area contributed by atoms with Gasteiger partial charge in [0.25, 0.3) is 5.91 Å². The average Bonchev–Trinajstić information content (AvgIpc) is 2.48. The lowest BCUT2D eigenvalue weighted by atomic mass is 9.97. The highest BCUT2D eigenvalue weighted by atomic mass is 16.5. The number of nitrogens with one attached hydrogen (secondary N) is 3. The van der Waals surface area contributed by atoms with Gasteiger partial charge in [0.15, 0.2) is 6.54 Å². The van der Waals surface area contributed by atoms with Crippen molar-refractivity contribution in [1.82, 2.24) is 10.6 Å². The highest BCUT2D eigenvalue weighted by Crippen LogP contribution is 2.11. The average molecular weight is 314 g/mol. The molecule has 0 unspecified atom stereocenters. The second-order valence-electron chi connectivity index (χ2n) is 5.64. The summed E-state index contributed by atoms with van der Waals surface area (Å²) in [5, 5.41) is 5.38. The summed E-state index contributed by atoms with van der Waals surface area (Å²) in [7, 11) is 0. The molecule has 1 heterocycles. The van der Waals surface area contributed by atoms with Gasteiger partial charge in [0.2, 0.25) is 5.91 Å². The molecule has 1 aliphatic rings. The van der Waals surface area contributed by atoms with Gasteiger partial charge in [0.1, 0.15) is 6.04 Å². The summed E-state index contributed by atoms with van der Waals surface area (Å²) < 4.78 is 5.03. The fourth-order valence-electron chi connectivity index (χ4n) is 2.61. The normalized spacial score (nSPS) is 22.5. The second kappa shape index (κ2) is 9.40. The van der Waals surface area contributed by atoms with Crippen LogP contribution in [0, 0.1) is 5.92 Å². The van der Waals surface area contributed by atoms with E-state index >= 15 is 0 Å². The number of likely N-dealkylation sites (N-methyl/N-ethyl adjacent to an activating group) is 1. The summed E-state index contributed by atoms with van der Waals surface area (Å²) in [6, 6.07) is -0.524. The van der Waals surface area contributed by atoms with Crippen LogP contribution < -0.4 is 15.5 Å². The molecule has 0 aromatic heterocycles. The molecule has 2 amide bonds. The number of amides is 2. The molecule has 0 spiro atoms. The molecule has 0 radical (unpaired) electrons. The van der Waals surface area contributed by atoms with Crippen LogP contribution in [0.2, 0.25) is 0 Å². The predicted octanol–water partition coefficient (Wildman–Crippen LogP) is -1.51. The quantitative estimate of drug-likeness (QED) is 0.498. The fourth-order valence-corrected chi connectivity index (χ4v) is 2.61. The Bertz CT molecular complexity index is 392. The maximum absolute atomic E-state index is 11.9. The van der Waals surface area contributed by atoms with Crippen LogP contribution in [-0.4, -0.2) is 56.6 Å². The van der Waals surface area contributed by atoms with Crippen LogP contribution in [0.15, 0.2) is 0 Å². The molecule has 1 aliphatic heterocycles. The zero-order valence-corrected chi connectivity index (χ0v) is 13.7. The van der Waals surface area contributed by atoms with E-state index in [1.807, 2.05) is 6.92 Å². The van der Waals surface area contributed by atoms with Gasteiger partial charge in [-0.25, -0.2) is 0 Å².